The maximum atomic E-state index is 5.54. The SMILES string of the molecule is Cc1cnc(CNc2nc3ccccc3o2)cn1. The minimum absolute atomic E-state index is 0.499. The molecule has 18 heavy (non-hydrogen) atoms. The zero-order valence-electron chi connectivity index (χ0n) is 9.92. The number of anilines is 1. The summed E-state index contributed by atoms with van der Waals surface area (Å²) in [6.07, 6.45) is 3.48. The van der Waals surface area contributed by atoms with Crippen LogP contribution in [-0.4, -0.2) is 15.0 Å². The Bertz CT molecular complexity index is 627. The van der Waals surface area contributed by atoms with Gasteiger partial charge < -0.3 is 9.73 Å². The highest BCUT2D eigenvalue weighted by Crippen LogP contribution is 2.18. The highest BCUT2D eigenvalue weighted by Gasteiger charge is 2.04. The zero-order valence-corrected chi connectivity index (χ0v) is 9.92. The van der Waals surface area contributed by atoms with Crippen LogP contribution in [0, 0.1) is 6.92 Å². The van der Waals surface area contributed by atoms with Gasteiger partial charge in [-0.3, -0.25) is 9.97 Å². The van der Waals surface area contributed by atoms with Crippen LogP contribution < -0.4 is 5.32 Å². The van der Waals surface area contributed by atoms with Crippen LogP contribution in [0.5, 0.6) is 0 Å². The molecule has 0 fully saturated rings. The van der Waals surface area contributed by atoms with Crippen LogP contribution in [0.15, 0.2) is 41.1 Å². The molecule has 0 atom stereocenters. The Morgan fingerprint density at radius 1 is 1.17 bits per heavy atom. The number of hydrogen-bond donors (Lipinski definition) is 1. The van der Waals surface area contributed by atoms with E-state index in [1.165, 1.54) is 0 Å². The summed E-state index contributed by atoms with van der Waals surface area (Å²) in [4.78, 5) is 12.8. The molecule has 90 valence electrons. The normalized spacial score (nSPS) is 10.7. The summed E-state index contributed by atoms with van der Waals surface area (Å²) < 4.78 is 5.54. The molecule has 0 radical (unpaired) electrons. The fourth-order valence-corrected chi connectivity index (χ4v) is 1.62. The van der Waals surface area contributed by atoms with Crippen LogP contribution in [0.2, 0.25) is 0 Å². The first kappa shape index (κ1) is 10.7. The summed E-state index contributed by atoms with van der Waals surface area (Å²) in [5.41, 5.74) is 3.37. The van der Waals surface area contributed by atoms with Crippen LogP contribution in [0.1, 0.15) is 11.4 Å². The predicted octanol–water partition coefficient (Wildman–Crippen LogP) is 2.54. The summed E-state index contributed by atoms with van der Waals surface area (Å²) in [7, 11) is 0. The van der Waals surface area contributed by atoms with E-state index < -0.39 is 0 Å². The molecular weight excluding hydrogens is 228 g/mol. The van der Waals surface area contributed by atoms with Gasteiger partial charge in [0.25, 0.3) is 6.01 Å². The fraction of sp³-hybridized carbons (Fsp3) is 0.154. The Morgan fingerprint density at radius 2 is 2.06 bits per heavy atom. The molecule has 3 aromatic rings. The van der Waals surface area contributed by atoms with Crippen LogP contribution in [0.3, 0.4) is 0 Å². The summed E-state index contributed by atoms with van der Waals surface area (Å²) in [5, 5.41) is 3.09. The average molecular weight is 240 g/mol. The quantitative estimate of drug-likeness (QED) is 0.762. The Hall–Kier alpha value is -2.43. The standard InChI is InChI=1S/C13H12N4O/c1-9-6-15-10(7-14-9)8-16-13-17-11-4-2-3-5-12(11)18-13/h2-7H,8H2,1H3,(H,16,17). The molecule has 0 saturated carbocycles. The van der Waals surface area contributed by atoms with Crippen LogP contribution >= 0.6 is 0 Å². The summed E-state index contributed by atoms with van der Waals surface area (Å²) in [6, 6.07) is 8.15. The van der Waals surface area contributed by atoms with Crippen molar-refractivity contribution in [3.8, 4) is 0 Å². The lowest BCUT2D eigenvalue weighted by Crippen LogP contribution is -2.02. The largest absolute Gasteiger partial charge is 0.424 e. The molecule has 0 bridgehead atoms. The lowest BCUT2D eigenvalue weighted by Gasteiger charge is -2.00. The van der Waals surface area contributed by atoms with Crippen molar-refractivity contribution < 1.29 is 4.42 Å². The van der Waals surface area contributed by atoms with Gasteiger partial charge in [-0.25, -0.2) is 0 Å². The smallest absolute Gasteiger partial charge is 0.296 e. The number of oxazole rings is 1. The van der Waals surface area contributed by atoms with Crippen molar-refractivity contribution in [3.63, 3.8) is 0 Å². The van der Waals surface area contributed by atoms with E-state index >= 15 is 0 Å². The third-order valence-electron chi connectivity index (χ3n) is 2.55. The number of hydrogen-bond acceptors (Lipinski definition) is 5. The van der Waals surface area contributed by atoms with Gasteiger partial charge in [0.1, 0.15) is 5.52 Å². The van der Waals surface area contributed by atoms with Crippen molar-refractivity contribution in [1.29, 1.82) is 0 Å². The number of nitrogens with zero attached hydrogens (tertiary/aromatic N) is 3. The minimum atomic E-state index is 0.499. The first-order valence-corrected chi connectivity index (χ1v) is 5.68. The minimum Gasteiger partial charge on any atom is -0.424 e. The Morgan fingerprint density at radius 3 is 2.83 bits per heavy atom. The van der Waals surface area contributed by atoms with Crippen molar-refractivity contribution in [3.05, 3.63) is 48.0 Å². The highest BCUT2D eigenvalue weighted by molar-refractivity contribution is 5.74. The van der Waals surface area contributed by atoms with Gasteiger partial charge in [-0.1, -0.05) is 12.1 Å². The molecule has 2 aromatic heterocycles. The number of benzene rings is 1. The highest BCUT2D eigenvalue weighted by atomic mass is 16.4. The van der Waals surface area contributed by atoms with Gasteiger partial charge in [-0.15, -0.1) is 0 Å². The molecule has 1 N–H and O–H groups in total. The number of fused-ring (bicyclic) bond motifs is 1. The van der Waals surface area contributed by atoms with E-state index in [1.54, 1.807) is 12.4 Å². The molecule has 0 aliphatic heterocycles. The number of para-hydroxylation sites is 2. The molecule has 1 aromatic carbocycles. The van der Waals surface area contributed by atoms with E-state index in [4.69, 9.17) is 4.42 Å². The molecule has 0 amide bonds. The van der Waals surface area contributed by atoms with Crippen LogP contribution in [0.4, 0.5) is 6.01 Å². The number of aromatic nitrogens is 3. The molecule has 0 saturated heterocycles. The first-order valence-electron chi connectivity index (χ1n) is 5.68. The van der Waals surface area contributed by atoms with Gasteiger partial charge in [0.15, 0.2) is 5.58 Å². The molecule has 2 heterocycles. The van der Waals surface area contributed by atoms with E-state index in [0.29, 0.717) is 12.6 Å². The zero-order chi connectivity index (χ0) is 12.4. The summed E-state index contributed by atoms with van der Waals surface area (Å²) >= 11 is 0. The van der Waals surface area contributed by atoms with Crippen molar-refractivity contribution in [1.82, 2.24) is 15.0 Å². The summed E-state index contributed by atoms with van der Waals surface area (Å²) in [6.45, 7) is 2.45. The monoisotopic (exact) mass is 240 g/mol. The third kappa shape index (κ3) is 2.15. The van der Waals surface area contributed by atoms with Gasteiger partial charge >= 0.3 is 0 Å². The van der Waals surface area contributed by atoms with Gasteiger partial charge in [-0.05, 0) is 19.1 Å². The predicted molar refractivity (Wildman–Crippen MR) is 68.1 cm³/mol. The van der Waals surface area contributed by atoms with E-state index in [2.05, 4.69) is 20.3 Å². The van der Waals surface area contributed by atoms with Crippen molar-refractivity contribution >= 4 is 17.1 Å². The lowest BCUT2D eigenvalue weighted by atomic mass is 10.3. The van der Waals surface area contributed by atoms with Gasteiger partial charge in [0.2, 0.25) is 0 Å². The molecular formula is C13H12N4O. The number of nitrogens with one attached hydrogen (secondary N) is 1. The second kappa shape index (κ2) is 4.44. The summed E-state index contributed by atoms with van der Waals surface area (Å²) in [5.74, 6) is 0. The Kier molecular flexibility index (Phi) is 2.64. The Balaban J connectivity index is 1.74. The van der Waals surface area contributed by atoms with E-state index in [9.17, 15) is 0 Å². The maximum Gasteiger partial charge on any atom is 0.296 e. The average Bonchev–Trinajstić information content (AvgIpc) is 2.81. The van der Waals surface area contributed by atoms with Crippen molar-refractivity contribution in [2.45, 2.75) is 13.5 Å². The molecule has 5 heteroatoms. The fourth-order valence-electron chi connectivity index (χ4n) is 1.62. The topological polar surface area (TPSA) is 63.8 Å². The number of rotatable bonds is 3. The molecule has 0 spiro atoms. The molecule has 0 unspecified atom stereocenters. The third-order valence-corrected chi connectivity index (χ3v) is 2.55. The molecule has 0 aliphatic carbocycles. The van der Waals surface area contributed by atoms with Gasteiger partial charge in [0, 0.05) is 6.20 Å². The molecule has 3 rings (SSSR count). The maximum absolute atomic E-state index is 5.54. The second-order valence-electron chi connectivity index (χ2n) is 3.99. The number of aryl methyl sites for hydroxylation is 1. The molecule has 5 nitrogen and oxygen atoms in total. The second-order valence-corrected chi connectivity index (χ2v) is 3.99. The van der Waals surface area contributed by atoms with Crippen LogP contribution in [0.25, 0.3) is 11.1 Å². The van der Waals surface area contributed by atoms with E-state index in [1.807, 2.05) is 31.2 Å². The van der Waals surface area contributed by atoms with Crippen molar-refractivity contribution in [2.75, 3.05) is 5.32 Å². The molecule has 0 aliphatic rings. The van der Waals surface area contributed by atoms with Gasteiger partial charge in [0.05, 0.1) is 24.1 Å². The van der Waals surface area contributed by atoms with Crippen molar-refractivity contribution in [2.24, 2.45) is 0 Å². The first-order chi connectivity index (χ1) is 8.81. The van der Waals surface area contributed by atoms with Gasteiger partial charge in [-0.2, -0.15) is 4.98 Å². The lowest BCUT2D eigenvalue weighted by molar-refractivity contribution is 0.613. The van der Waals surface area contributed by atoms with E-state index in [0.717, 1.165) is 22.5 Å². The van der Waals surface area contributed by atoms with E-state index in [-0.39, 0.29) is 0 Å². The van der Waals surface area contributed by atoms with Crippen LogP contribution in [-0.2, 0) is 6.54 Å². The Labute approximate surface area is 104 Å².